The molecule has 0 unspecified atom stereocenters. The van der Waals surface area contributed by atoms with E-state index in [2.05, 4.69) is 15.0 Å². The van der Waals surface area contributed by atoms with E-state index >= 15 is 0 Å². The third-order valence-corrected chi connectivity index (χ3v) is 5.88. The average Bonchev–Trinajstić information content (AvgIpc) is 2.79. The molecule has 0 saturated carbocycles. The van der Waals surface area contributed by atoms with Crippen molar-refractivity contribution in [3.8, 4) is 0 Å². The summed E-state index contributed by atoms with van der Waals surface area (Å²) in [5, 5.41) is 2.88. The van der Waals surface area contributed by atoms with Gasteiger partial charge in [-0.15, -0.1) is 0 Å². The topological polar surface area (TPSA) is 99.3 Å². The monoisotopic (exact) mass is 430 g/mol. The quantitative estimate of drug-likeness (QED) is 0.544. The largest absolute Gasteiger partial charge is 0.469 e. The van der Waals surface area contributed by atoms with Gasteiger partial charge in [0.15, 0.2) is 0 Å². The van der Waals surface area contributed by atoms with Gasteiger partial charge >= 0.3 is 5.97 Å². The second kappa shape index (κ2) is 10.3. The Morgan fingerprint density at radius 3 is 2.19 bits per heavy atom. The molecule has 1 aromatic rings. The van der Waals surface area contributed by atoms with Crippen LogP contribution in [0.1, 0.15) is 36.5 Å². The zero-order valence-corrected chi connectivity index (χ0v) is 18.1. The fourth-order valence-corrected chi connectivity index (χ4v) is 4.07. The SMILES string of the molecule is COC(=O)CC(=O)NC1CCN(c2ccccc2C(=O)N2CCN(C(C)=O)CC2)CC1. The van der Waals surface area contributed by atoms with Gasteiger partial charge < -0.3 is 24.8 Å². The van der Waals surface area contributed by atoms with Crippen molar-refractivity contribution >= 4 is 29.4 Å². The molecule has 1 aromatic carbocycles. The summed E-state index contributed by atoms with van der Waals surface area (Å²) in [5.74, 6) is -0.863. The van der Waals surface area contributed by atoms with Gasteiger partial charge in [-0.2, -0.15) is 0 Å². The number of amides is 3. The van der Waals surface area contributed by atoms with Gasteiger partial charge in [0.1, 0.15) is 6.42 Å². The molecule has 2 aliphatic heterocycles. The Hall–Kier alpha value is -3.10. The summed E-state index contributed by atoms with van der Waals surface area (Å²) in [7, 11) is 1.26. The highest BCUT2D eigenvalue weighted by Gasteiger charge is 2.28. The minimum atomic E-state index is -0.550. The molecule has 2 heterocycles. The van der Waals surface area contributed by atoms with Crippen LogP contribution in [0.2, 0.25) is 0 Å². The van der Waals surface area contributed by atoms with Gasteiger partial charge in [-0.05, 0) is 25.0 Å². The summed E-state index contributed by atoms with van der Waals surface area (Å²) in [5.41, 5.74) is 1.55. The van der Waals surface area contributed by atoms with Gasteiger partial charge in [0.05, 0.1) is 12.7 Å². The predicted octanol–water partition coefficient (Wildman–Crippen LogP) is 0.639. The first kappa shape index (κ1) is 22.6. The highest BCUT2D eigenvalue weighted by atomic mass is 16.5. The number of carbonyl (C=O) groups is 4. The number of piperazine rings is 1. The smallest absolute Gasteiger partial charge is 0.315 e. The number of methoxy groups -OCH3 is 1. The Balaban J connectivity index is 1.59. The van der Waals surface area contributed by atoms with Crippen LogP contribution < -0.4 is 10.2 Å². The lowest BCUT2D eigenvalue weighted by Gasteiger charge is -2.37. The molecule has 0 atom stereocenters. The average molecular weight is 431 g/mol. The molecule has 0 aliphatic carbocycles. The van der Waals surface area contributed by atoms with Crippen LogP contribution >= 0.6 is 0 Å². The lowest BCUT2D eigenvalue weighted by molar-refractivity contribution is -0.144. The Morgan fingerprint density at radius 2 is 1.58 bits per heavy atom. The Bertz CT molecular complexity index is 827. The van der Waals surface area contributed by atoms with Crippen molar-refractivity contribution in [1.82, 2.24) is 15.1 Å². The molecule has 31 heavy (non-hydrogen) atoms. The number of rotatable bonds is 5. The second-order valence-electron chi connectivity index (χ2n) is 7.90. The van der Waals surface area contributed by atoms with Crippen LogP contribution in [0, 0.1) is 0 Å². The molecule has 0 bridgehead atoms. The summed E-state index contributed by atoms with van der Waals surface area (Å²) in [6.45, 7) is 5.12. The van der Waals surface area contributed by atoms with Crippen LogP contribution in [-0.4, -0.2) is 85.9 Å². The van der Waals surface area contributed by atoms with E-state index in [1.807, 2.05) is 24.3 Å². The van der Waals surface area contributed by atoms with Crippen LogP contribution in [0.3, 0.4) is 0 Å². The third-order valence-electron chi connectivity index (χ3n) is 5.88. The van der Waals surface area contributed by atoms with Gasteiger partial charge in [0.25, 0.3) is 5.91 Å². The van der Waals surface area contributed by atoms with Gasteiger partial charge in [-0.3, -0.25) is 19.2 Å². The molecule has 168 valence electrons. The van der Waals surface area contributed by atoms with Gasteiger partial charge in [0.2, 0.25) is 11.8 Å². The lowest BCUT2D eigenvalue weighted by atomic mass is 10.0. The predicted molar refractivity (Wildman–Crippen MR) is 115 cm³/mol. The standard InChI is InChI=1S/C22H30N4O5/c1-16(27)24-11-13-26(14-12-24)22(30)18-5-3-4-6-19(18)25-9-7-17(8-10-25)23-20(28)15-21(29)31-2/h3-6,17H,7-15H2,1-2H3,(H,23,28). The molecule has 0 radical (unpaired) electrons. The number of ether oxygens (including phenoxy) is 1. The maximum absolute atomic E-state index is 13.2. The number of esters is 1. The van der Waals surface area contributed by atoms with Gasteiger partial charge in [0, 0.05) is 57.9 Å². The Labute approximate surface area is 182 Å². The van der Waals surface area contributed by atoms with Crippen LogP contribution in [0.4, 0.5) is 5.69 Å². The number of nitrogens with one attached hydrogen (secondary N) is 1. The third kappa shape index (κ3) is 5.74. The highest BCUT2D eigenvalue weighted by molar-refractivity contribution is 6.00. The maximum Gasteiger partial charge on any atom is 0.315 e. The maximum atomic E-state index is 13.2. The van der Waals surface area contributed by atoms with Crippen molar-refractivity contribution in [2.45, 2.75) is 32.2 Å². The number of anilines is 1. The second-order valence-corrected chi connectivity index (χ2v) is 7.90. The first-order valence-electron chi connectivity index (χ1n) is 10.6. The van der Waals surface area contributed by atoms with Gasteiger partial charge in [-0.1, -0.05) is 12.1 Å². The molecule has 2 aliphatic rings. The number of para-hydroxylation sites is 1. The van der Waals surface area contributed by atoms with E-state index in [0.29, 0.717) is 44.8 Å². The fraction of sp³-hybridized carbons (Fsp3) is 0.545. The minimum absolute atomic E-state index is 0.00377. The highest BCUT2D eigenvalue weighted by Crippen LogP contribution is 2.26. The summed E-state index contributed by atoms with van der Waals surface area (Å²) >= 11 is 0. The number of hydrogen-bond donors (Lipinski definition) is 1. The van der Waals surface area contributed by atoms with Crippen molar-refractivity contribution < 1.29 is 23.9 Å². The van der Waals surface area contributed by atoms with E-state index in [1.165, 1.54) is 7.11 Å². The molecule has 2 fully saturated rings. The first-order valence-corrected chi connectivity index (χ1v) is 10.6. The zero-order chi connectivity index (χ0) is 22.4. The molecule has 0 aromatic heterocycles. The van der Waals surface area contributed by atoms with Crippen LogP contribution in [0.5, 0.6) is 0 Å². The van der Waals surface area contributed by atoms with E-state index in [9.17, 15) is 19.2 Å². The van der Waals surface area contributed by atoms with E-state index in [-0.39, 0.29) is 30.2 Å². The van der Waals surface area contributed by atoms with Crippen molar-refractivity contribution in [2.24, 2.45) is 0 Å². The number of hydrogen-bond acceptors (Lipinski definition) is 6. The van der Waals surface area contributed by atoms with Crippen LogP contribution in [-0.2, 0) is 19.1 Å². The molecule has 0 spiro atoms. The van der Waals surface area contributed by atoms with Crippen molar-refractivity contribution in [3.05, 3.63) is 29.8 Å². The number of carbonyl (C=O) groups excluding carboxylic acids is 4. The summed E-state index contributed by atoms with van der Waals surface area (Å²) in [6, 6.07) is 7.58. The van der Waals surface area contributed by atoms with Crippen molar-refractivity contribution in [3.63, 3.8) is 0 Å². The molecule has 9 nitrogen and oxygen atoms in total. The number of nitrogens with zero attached hydrogens (tertiary/aromatic N) is 3. The van der Waals surface area contributed by atoms with Crippen molar-refractivity contribution in [2.75, 3.05) is 51.3 Å². The molecule has 3 amide bonds. The van der Waals surface area contributed by atoms with E-state index in [0.717, 1.165) is 18.5 Å². The summed E-state index contributed by atoms with van der Waals surface area (Å²) in [4.78, 5) is 53.6. The zero-order valence-electron chi connectivity index (χ0n) is 18.1. The normalized spacial score (nSPS) is 17.3. The van der Waals surface area contributed by atoms with E-state index in [4.69, 9.17) is 0 Å². The summed E-state index contributed by atoms with van der Waals surface area (Å²) < 4.78 is 4.52. The number of benzene rings is 1. The van der Waals surface area contributed by atoms with Gasteiger partial charge in [-0.25, -0.2) is 0 Å². The van der Waals surface area contributed by atoms with Crippen LogP contribution in [0.15, 0.2) is 24.3 Å². The number of piperidine rings is 1. The van der Waals surface area contributed by atoms with Crippen molar-refractivity contribution in [1.29, 1.82) is 0 Å². The molecule has 3 rings (SSSR count). The molecule has 1 N–H and O–H groups in total. The fourth-order valence-electron chi connectivity index (χ4n) is 4.07. The van der Waals surface area contributed by atoms with E-state index < -0.39 is 5.97 Å². The molecular weight excluding hydrogens is 400 g/mol. The lowest BCUT2D eigenvalue weighted by Crippen LogP contribution is -2.50. The Morgan fingerprint density at radius 1 is 0.968 bits per heavy atom. The minimum Gasteiger partial charge on any atom is -0.469 e. The Kier molecular flexibility index (Phi) is 7.49. The van der Waals surface area contributed by atoms with E-state index in [1.54, 1.807) is 16.7 Å². The molecular formula is C22H30N4O5. The van der Waals surface area contributed by atoms with Crippen LogP contribution in [0.25, 0.3) is 0 Å². The summed E-state index contributed by atoms with van der Waals surface area (Å²) in [6.07, 6.45) is 1.18. The molecule has 9 heteroatoms. The molecule has 2 saturated heterocycles. The first-order chi connectivity index (χ1) is 14.9.